The monoisotopic (exact) mass is 281 g/mol. The number of carboxylic acid groups (broad SMARTS) is 1. The van der Waals surface area contributed by atoms with Crippen molar-refractivity contribution in [2.24, 2.45) is 13.0 Å². The van der Waals surface area contributed by atoms with Crippen LogP contribution in [0, 0.1) is 19.8 Å². The summed E-state index contributed by atoms with van der Waals surface area (Å²) < 4.78 is 1.65. The molecule has 2 N–H and O–H groups in total. The molecule has 0 bridgehead atoms. The first-order valence-electron chi connectivity index (χ1n) is 6.63. The van der Waals surface area contributed by atoms with E-state index in [0.717, 1.165) is 5.69 Å². The fourth-order valence-electron chi connectivity index (χ4n) is 2.13. The second-order valence-electron chi connectivity index (χ2n) is 5.77. The number of carbonyl (C=O) groups excluding carboxylic acids is 1. The van der Waals surface area contributed by atoms with Crippen molar-refractivity contribution in [2.75, 3.05) is 0 Å². The SMILES string of the molecule is Cc1nn(C)c(C)c1C(=O)NC(C)(CC(=O)O)C(C)C. The van der Waals surface area contributed by atoms with Gasteiger partial charge < -0.3 is 10.4 Å². The standard InChI is InChI=1S/C14H23N3O3/c1-8(2)14(5,7-11(18)19)15-13(20)12-9(3)16-17(6)10(12)4/h8H,7H2,1-6H3,(H,15,20)(H,18,19). The van der Waals surface area contributed by atoms with E-state index < -0.39 is 11.5 Å². The number of carboxylic acids is 1. The van der Waals surface area contributed by atoms with Crippen LogP contribution in [0.25, 0.3) is 0 Å². The van der Waals surface area contributed by atoms with Gasteiger partial charge >= 0.3 is 5.97 Å². The molecule has 0 spiro atoms. The van der Waals surface area contributed by atoms with E-state index in [1.165, 1.54) is 0 Å². The highest BCUT2D eigenvalue weighted by atomic mass is 16.4. The molecule has 6 nitrogen and oxygen atoms in total. The molecule has 0 aliphatic rings. The van der Waals surface area contributed by atoms with Crippen molar-refractivity contribution < 1.29 is 14.7 Å². The maximum atomic E-state index is 12.4. The molecule has 1 amide bonds. The van der Waals surface area contributed by atoms with Gasteiger partial charge in [0.25, 0.3) is 5.91 Å². The number of hydrogen-bond acceptors (Lipinski definition) is 3. The van der Waals surface area contributed by atoms with Crippen LogP contribution < -0.4 is 5.32 Å². The molecule has 0 radical (unpaired) electrons. The Morgan fingerprint density at radius 1 is 1.40 bits per heavy atom. The molecule has 0 aromatic carbocycles. The van der Waals surface area contributed by atoms with Crippen LogP contribution in [0.5, 0.6) is 0 Å². The number of aryl methyl sites for hydroxylation is 2. The molecule has 1 aromatic heterocycles. The average Bonchev–Trinajstić information content (AvgIpc) is 2.51. The van der Waals surface area contributed by atoms with Crippen molar-refractivity contribution in [3.05, 3.63) is 17.0 Å². The van der Waals surface area contributed by atoms with Crippen LogP contribution in [0.2, 0.25) is 0 Å². The largest absolute Gasteiger partial charge is 0.481 e. The minimum absolute atomic E-state index is 0.000154. The number of hydrogen-bond donors (Lipinski definition) is 2. The zero-order valence-corrected chi connectivity index (χ0v) is 12.9. The molecule has 1 rings (SSSR count). The van der Waals surface area contributed by atoms with Gasteiger partial charge in [0.1, 0.15) is 0 Å². The highest BCUT2D eigenvalue weighted by Crippen LogP contribution is 2.22. The third-order valence-corrected chi connectivity index (χ3v) is 3.93. The number of rotatable bonds is 5. The Kier molecular flexibility index (Phi) is 4.57. The molecule has 6 heteroatoms. The third-order valence-electron chi connectivity index (χ3n) is 3.93. The molecule has 0 fully saturated rings. The number of amides is 1. The van der Waals surface area contributed by atoms with Crippen LogP contribution in [0.3, 0.4) is 0 Å². The Balaban J connectivity index is 3.06. The summed E-state index contributed by atoms with van der Waals surface area (Å²) in [6.07, 6.45) is -0.116. The van der Waals surface area contributed by atoms with Crippen molar-refractivity contribution in [3.8, 4) is 0 Å². The first-order chi connectivity index (χ1) is 9.08. The lowest BCUT2D eigenvalue weighted by molar-refractivity contribution is -0.138. The van der Waals surface area contributed by atoms with E-state index in [4.69, 9.17) is 5.11 Å². The molecule has 1 aromatic rings. The lowest BCUT2D eigenvalue weighted by Crippen LogP contribution is -2.51. The molecular formula is C14H23N3O3. The summed E-state index contributed by atoms with van der Waals surface area (Å²) in [7, 11) is 1.78. The van der Waals surface area contributed by atoms with E-state index in [9.17, 15) is 9.59 Å². The summed E-state index contributed by atoms with van der Waals surface area (Å²) in [5.74, 6) is -1.20. The molecule has 1 heterocycles. The summed E-state index contributed by atoms with van der Waals surface area (Å²) >= 11 is 0. The minimum Gasteiger partial charge on any atom is -0.481 e. The summed E-state index contributed by atoms with van der Waals surface area (Å²) in [5, 5.41) is 16.1. The molecule has 0 aliphatic carbocycles. The van der Waals surface area contributed by atoms with Gasteiger partial charge in [-0.15, -0.1) is 0 Å². The molecule has 0 aliphatic heterocycles. The highest BCUT2D eigenvalue weighted by molar-refractivity contribution is 5.97. The van der Waals surface area contributed by atoms with E-state index in [1.54, 1.807) is 25.6 Å². The molecule has 20 heavy (non-hydrogen) atoms. The van der Waals surface area contributed by atoms with Gasteiger partial charge in [-0.25, -0.2) is 0 Å². The number of nitrogens with zero attached hydrogens (tertiary/aromatic N) is 2. The van der Waals surface area contributed by atoms with Crippen molar-refractivity contribution >= 4 is 11.9 Å². The van der Waals surface area contributed by atoms with E-state index in [2.05, 4.69) is 10.4 Å². The van der Waals surface area contributed by atoms with Gasteiger partial charge in [0, 0.05) is 12.7 Å². The number of aromatic nitrogens is 2. The van der Waals surface area contributed by atoms with E-state index in [-0.39, 0.29) is 18.2 Å². The van der Waals surface area contributed by atoms with E-state index >= 15 is 0 Å². The lowest BCUT2D eigenvalue weighted by atomic mass is 9.85. The summed E-state index contributed by atoms with van der Waals surface area (Å²) in [6.45, 7) is 9.13. The Hall–Kier alpha value is -1.85. The molecule has 0 saturated carbocycles. The summed E-state index contributed by atoms with van der Waals surface area (Å²) in [4.78, 5) is 23.5. The molecule has 0 saturated heterocycles. The van der Waals surface area contributed by atoms with Crippen molar-refractivity contribution in [1.82, 2.24) is 15.1 Å². The van der Waals surface area contributed by atoms with Crippen LogP contribution in [-0.2, 0) is 11.8 Å². The molecule has 1 unspecified atom stereocenters. The maximum absolute atomic E-state index is 12.4. The van der Waals surface area contributed by atoms with Gasteiger partial charge in [0.2, 0.25) is 0 Å². The Morgan fingerprint density at radius 3 is 2.30 bits per heavy atom. The fourth-order valence-corrected chi connectivity index (χ4v) is 2.13. The maximum Gasteiger partial charge on any atom is 0.305 e. The zero-order chi connectivity index (χ0) is 15.7. The smallest absolute Gasteiger partial charge is 0.305 e. The quantitative estimate of drug-likeness (QED) is 0.859. The van der Waals surface area contributed by atoms with Crippen LogP contribution in [0.15, 0.2) is 0 Å². The van der Waals surface area contributed by atoms with Crippen molar-refractivity contribution in [1.29, 1.82) is 0 Å². The van der Waals surface area contributed by atoms with Gasteiger partial charge in [-0.3, -0.25) is 14.3 Å². The third kappa shape index (κ3) is 3.18. The van der Waals surface area contributed by atoms with Gasteiger partial charge in [-0.1, -0.05) is 13.8 Å². The van der Waals surface area contributed by atoms with Crippen LogP contribution in [0.1, 0.15) is 48.9 Å². The zero-order valence-electron chi connectivity index (χ0n) is 12.9. The number of aliphatic carboxylic acids is 1. The average molecular weight is 281 g/mol. The second-order valence-corrected chi connectivity index (χ2v) is 5.77. The van der Waals surface area contributed by atoms with Gasteiger partial charge in [0.05, 0.1) is 23.2 Å². The topological polar surface area (TPSA) is 84.2 Å². The Bertz CT molecular complexity index is 534. The minimum atomic E-state index is -0.930. The van der Waals surface area contributed by atoms with Gasteiger partial charge in [-0.2, -0.15) is 5.10 Å². The first-order valence-corrected chi connectivity index (χ1v) is 6.63. The van der Waals surface area contributed by atoms with Crippen molar-refractivity contribution in [2.45, 2.75) is 46.6 Å². The van der Waals surface area contributed by atoms with E-state index in [1.807, 2.05) is 20.8 Å². The molecular weight excluding hydrogens is 258 g/mol. The molecule has 1 atom stereocenters. The second kappa shape index (κ2) is 5.64. The normalized spacial score (nSPS) is 14.2. The first kappa shape index (κ1) is 16.2. The fraction of sp³-hybridized carbons (Fsp3) is 0.643. The van der Waals surface area contributed by atoms with Crippen molar-refractivity contribution in [3.63, 3.8) is 0 Å². The predicted molar refractivity (Wildman–Crippen MR) is 75.6 cm³/mol. The highest BCUT2D eigenvalue weighted by Gasteiger charge is 2.34. The van der Waals surface area contributed by atoms with Crippen LogP contribution in [-0.4, -0.2) is 32.3 Å². The Labute approximate surface area is 119 Å². The lowest BCUT2D eigenvalue weighted by Gasteiger charge is -2.33. The van der Waals surface area contributed by atoms with Crippen LogP contribution >= 0.6 is 0 Å². The van der Waals surface area contributed by atoms with Gasteiger partial charge in [-0.05, 0) is 26.7 Å². The van der Waals surface area contributed by atoms with E-state index in [0.29, 0.717) is 11.3 Å². The van der Waals surface area contributed by atoms with Gasteiger partial charge in [0.15, 0.2) is 0 Å². The Morgan fingerprint density at radius 2 is 1.95 bits per heavy atom. The summed E-state index contributed by atoms with van der Waals surface area (Å²) in [5.41, 5.74) is 1.13. The number of carbonyl (C=O) groups is 2. The number of nitrogens with one attached hydrogen (secondary N) is 1. The summed E-state index contributed by atoms with van der Waals surface area (Å²) in [6, 6.07) is 0. The van der Waals surface area contributed by atoms with Crippen LogP contribution in [0.4, 0.5) is 0 Å². The molecule has 112 valence electrons. The predicted octanol–water partition coefficient (Wildman–Crippen LogP) is 1.66.